The first-order valence-corrected chi connectivity index (χ1v) is 6.84. The van der Waals surface area contributed by atoms with Crippen molar-refractivity contribution in [2.45, 2.75) is 45.1 Å². The van der Waals surface area contributed by atoms with Crippen LogP contribution < -0.4 is 0 Å². The van der Waals surface area contributed by atoms with Crippen molar-refractivity contribution in [2.75, 3.05) is 19.6 Å². The van der Waals surface area contributed by atoms with E-state index >= 15 is 0 Å². The number of hydrogen-bond donors (Lipinski definition) is 0. The van der Waals surface area contributed by atoms with Crippen molar-refractivity contribution < 1.29 is 9.59 Å². The van der Waals surface area contributed by atoms with Crippen LogP contribution in [-0.2, 0) is 9.59 Å². The summed E-state index contributed by atoms with van der Waals surface area (Å²) in [7, 11) is 0. The maximum absolute atomic E-state index is 12.1. The van der Waals surface area contributed by atoms with E-state index in [1.54, 1.807) is 9.80 Å². The van der Waals surface area contributed by atoms with Gasteiger partial charge in [0.15, 0.2) is 0 Å². The molecule has 100 valence electrons. The number of hydrogen-bond acceptors (Lipinski definition) is 2. The van der Waals surface area contributed by atoms with E-state index in [0.717, 1.165) is 18.4 Å². The molecule has 0 N–H and O–H groups in total. The third-order valence-corrected chi connectivity index (χ3v) is 3.82. The minimum atomic E-state index is -0.352. The van der Waals surface area contributed by atoms with Gasteiger partial charge >= 0.3 is 11.8 Å². The lowest BCUT2D eigenvalue weighted by Crippen LogP contribution is -2.57. The molecule has 1 aliphatic heterocycles. The van der Waals surface area contributed by atoms with Crippen molar-refractivity contribution in [3.8, 4) is 0 Å². The van der Waals surface area contributed by atoms with E-state index < -0.39 is 0 Å². The summed E-state index contributed by atoms with van der Waals surface area (Å²) in [6, 6.07) is 0.294. The smallest absolute Gasteiger partial charge is 0.312 e. The third kappa shape index (κ3) is 2.74. The highest BCUT2D eigenvalue weighted by Crippen LogP contribution is 2.24. The molecule has 0 unspecified atom stereocenters. The van der Waals surface area contributed by atoms with Crippen LogP contribution in [0.1, 0.15) is 39.0 Å². The van der Waals surface area contributed by atoms with Gasteiger partial charge in [-0.05, 0) is 19.8 Å². The predicted molar refractivity (Wildman–Crippen MR) is 70.0 cm³/mol. The van der Waals surface area contributed by atoms with Gasteiger partial charge in [-0.2, -0.15) is 0 Å². The maximum Gasteiger partial charge on any atom is 0.312 e. The minimum Gasteiger partial charge on any atom is -0.330 e. The van der Waals surface area contributed by atoms with Crippen LogP contribution in [0.5, 0.6) is 0 Å². The summed E-state index contributed by atoms with van der Waals surface area (Å²) in [4.78, 5) is 27.5. The maximum atomic E-state index is 12.1. The molecule has 0 bridgehead atoms. The van der Waals surface area contributed by atoms with Gasteiger partial charge in [-0.3, -0.25) is 9.59 Å². The fourth-order valence-electron chi connectivity index (χ4n) is 2.91. The van der Waals surface area contributed by atoms with Crippen LogP contribution in [-0.4, -0.2) is 47.3 Å². The standard InChI is InChI=1S/C14H22N2O2/c1-11(2)10-15-8-9-16(14(18)13(15)17)12-6-4-3-5-7-12/h12H,1,3-10H2,2H3. The molecule has 1 saturated carbocycles. The molecule has 0 radical (unpaired) electrons. The van der Waals surface area contributed by atoms with Crippen molar-refractivity contribution in [1.82, 2.24) is 9.80 Å². The van der Waals surface area contributed by atoms with E-state index in [-0.39, 0.29) is 11.8 Å². The van der Waals surface area contributed by atoms with Crippen LogP contribution in [0.3, 0.4) is 0 Å². The van der Waals surface area contributed by atoms with Crippen LogP contribution in [0.15, 0.2) is 12.2 Å². The lowest BCUT2D eigenvalue weighted by Gasteiger charge is -2.40. The average molecular weight is 250 g/mol. The second-order valence-electron chi connectivity index (χ2n) is 5.47. The second kappa shape index (κ2) is 5.55. The molecule has 4 nitrogen and oxygen atoms in total. The molecule has 1 saturated heterocycles. The number of nitrogens with zero attached hydrogens (tertiary/aromatic N) is 2. The molecule has 2 aliphatic rings. The van der Waals surface area contributed by atoms with Crippen LogP contribution in [0.25, 0.3) is 0 Å². The van der Waals surface area contributed by atoms with Crippen molar-refractivity contribution in [3.63, 3.8) is 0 Å². The number of piperazine rings is 1. The molecule has 0 atom stereocenters. The zero-order chi connectivity index (χ0) is 13.1. The highest BCUT2D eigenvalue weighted by molar-refractivity contribution is 6.35. The van der Waals surface area contributed by atoms with Crippen LogP contribution in [0, 0.1) is 0 Å². The van der Waals surface area contributed by atoms with Gasteiger partial charge in [0.2, 0.25) is 0 Å². The topological polar surface area (TPSA) is 40.6 Å². The van der Waals surface area contributed by atoms with E-state index in [0.29, 0.717) is 25.7 Å². The van der Waals surface area contributed by atoms with Crippen LogP contribution in [0.2, 0.25) is 0 Å². The van der Waals surface area contributed by atoms with E-state index in [9.17, 15) is 9.59 Å². The summed E-state index contributed by atoms with van der Waals surface area (Å²) in [6.07, 6.45) is 5.73. The van der Waals surface area contributed by atoms with Crippen molar-refractivity contribution >= 4 is 11.8 Å². The minimum absolute atomic E-state index is 0.294. The predicted octanol–water partition coefficient (Wildman–Crippen LogP) is 1.57. The van der Waals surface area contributed by atoms with Gasteiger partial charge in [-0.1, -0.05) is 31.4 Å². The van der Waals surface area contributed by atoms with Crippen LogP contribution in [0.4, 0.5) is 0 Å². The Morgan fingerprint density at radius 3 is 2.44 bits per heavy atom. The van der Waals surface area contributed by atoms with E-state index in [1.165, 1.54) is 19.3 Å². The summed E-state index contributed by atoms with van der Waals surface area (Å²) in [6.45, 7) is 7.51. The number of amides is 2. The first kappa shape index (κ1) is 13.1. The Hall–Kier alpha value is -1.32. The Balaban J connectivity index is 1.99. The van der Waals surface area contributed by atoms with E-state index in [1.807, 2.05) is 6.92 Å². The molecule has 0 aromatic heterocycles. The Kier molecular flexibility index (Phi) is 4.04. The second-order valence-corrected chi connectivity index (χ2v) is 5.47. The molecule has 2 rings (SSSR count). The van der Waals surface area contributed by atoms with Crippen molar-refractivity contribution in [1.29, 1.82) is 0 Å². The van der Waals surface area contributed by atoms with Gasteiger partial charge in [0.1, 0.15) is 0 Å². The largest absolute Gasteiger partial charge is 0.330 e. The van der Waals surface area contributed by atoms with Gasteiger partial charge in [0, 0.05) is 25.7 Å². The lowest BCUT2D eigenvalue weighted by atomic mass is 9.93. The van der Waals surface area contributed by atoms with Gasteiger partial charge in [0.05, 0.1) is 0 Å². The molecule has 4 heteroatoms. The highest BCUT2D eigenvalue weighted by atomic mass is 16.2. The fraction of sp³-hybridized carbons (Fsp3) is 0.714. The molecular formula is C14H22N2O2. The first-order chi connectivity index (χ1) is 8.59. The lowest BCUT2D eigenvalue weighted by molar-refractivity contribution is -0.157. The summed E-state index contributed by atoms with van der Waals surface area (Å²) < 4.78 is 0. The number of carbonyl (C=O) groups excluding carboxylic acids is 2. The molecule has 1 aliphatic carbocycles. The number of rotatable bonds is 3. The Bertz CT molecular complexity index is 359. The monoisotopic (exact) mass is 250 g/mol. The SMILES string of the molecule is C=C(C)CN1CCN(C2CCCCC2)C(=O)C1=O. The Morgan fingerprint density at radius 2 is 1.83 bits per heavy atom. The van der Waals surface area contributed by atoms with Crippen molar-refractivity contribution in [3.05, 3.63) is 12.2 Å². The number of carbonyl (C=O) groups is 2. The highest BCUT2D eigenvalue weighted by Gasteiger charge is 2.36. The van der Waals surface area contributed by atoms with Crippen molar-refractivity contribution in [2.24, 2.45) is 0 Å². The van der Waals surface area contributed by atoms with Gasteiger partial charge in [-0.15, -0.1) is 0 Å². The molecule has 2 fully saturated rings. The average Bonchev–Trinajstić information content (AvgIpc) is 2.36. The molecule has 0 aromatic carbocycles. The Labute approximate surface area is 109 Å². The molecule has 2 amide bonds. The molecule has 18 heavy (non-hydrogen) atoms. The van der Waals surface area contributed by atoms with Gasteiger partial charge in [0.25, 0.3) is 0 Å². The fourth-order valence-corrected chi connectivity index (χ4v) is 2.91. The zero-order valence-electron chi connectivity index (χ0n) is 11.2. The van der Waals surface area contributed by atoms with E-state index in [4.69, 9.17) is 0 Å². The Morgan fingerprint density at radius 1 is 1.17 bits per heavy atom. The summed E-state index contributed by atoms with van der Waals surface area (Å²) >= 11 is 0. The third-order valence-electron chi connectivity index (χ3n) is 3.82. The van der Waals surface area contributed by atoms with Gasteiger partial charge in [-0.25, -0.2) is 0 Å². The quantitative estimate of drug-likeness (QED) is 0.563. The molecule has 0 aromatic rings. The normalized spacial score (nSPS) is 22.5. The summed E-state index contributed by atoms with van der Waals surface area (Å²) in [5.74, 6) is -0.663. The first-order valence-electron chi connectivity index (χ1n) is 6.84. The summed E-state index contributed by atoms with van der Waals surface area (Å²) in [5.41, 5.74) is 0.919. The molecule has 0 spiro atoms. The molecule has 1 heterocycles. The van der Waals surface area contributed by atoms with E-state index in [2.05, 4.69) is 6.58 Å². The summed E-state index contributed by atoms with van der Waals surface area (Å²) in [5, 5.41) is 0. The van der Waals surface area contributed by atoms with Crippen LogP contribution >= 0.6 is 0 Å². The van der Waals surface area contributed by atoms with Gasteiger partial charge < -0.3 is 9.80 Å². The molecular weight excluding hydrogens is 228 g/mol. The zero-order valence-corrected chi connectivity index (χ0v) is 11.2.